The fourth-order valence-electron chi connectivity index (χ4n) is 2.47. The number of anilines is 1. The minimum Gasteiger partial charge on any atom is -0.349 e. The molecule has 0 unspecified atom stereocenters. The van der Waals surface area contributed by atoms with Crippen LogP contribution in [0.4, 0.5) is 19.1 Å². The van der Waals surface area contributed by atoms with Gasteiger partial charge >= 0.3 is 6.18 Å². The second kappa shape index (κ2) is 14.4. The number of thiophene rings is 1. The largest absolute Gasteiger partial charge is 0.416 e. The van der Waals surface area contributed by atoms with E-state index in [4.69, 9.17) is 46.4 Å². The molecule has 36 heavy (non-hydrogen) atoms. The van der Waals surface area contributed by atoms with Crippen LogP contribution in [0.3, 0.4) is 0 Å². The van der Waals surface area contributed by atoms with Gasteiger partial charge in [0.1, 0.15) is 5.82 Å². The number of aromatic nitrogens is 6. The lowest BCUT2D eigenvalue weighted by molar-refractivity contribution is -0.137. The Morgan fingerprint density at radius 2 is 1.39 bits per heavy atom. The second-order valence-electron chi connectivity index (χ2n) is 6.29. The summed E-state index contributed by atoms with van der Waals surface area (Å²) in [6.07, 6.45) is -4.26. The number of halogens is 7. The smallest absolute Gasteiger partial charge is 0.349 e. The van der Waals surface area contributed by atoms with Crippen molar-refractivity contribution in [3.8, 4) is 0 Å². The van der Waals surface area contributed by atoms with Crippen LogP contribution < -0.4 is 5.32 Å². The number of benzene rings is 1. The Hall–Kier alpha value is -2.31. The summed E-state index contributed by atoms with van der Waals surface area (Å²) in [5, 5.41) is 4.98. The first-order valence-corrected chi connectivity index (χ1v) is 11.5. The molecule has 0 spiro atoms. The molecule has 0 atom stereocenters. The van der Waals surface area contributed by atoms with Gasteiger partial charge in [0.25, 0.3) is 0 Å². The van der Waals surface area contributed by atoms with Gasteiger partial charge in [-0.3, -0.25) is 0 Å². The highest BCUT2D eigenvalue weighted by atomic mass is 35.5. The van der Waals surface area contributed by atoms with E-state index in [0.29, 0.717) is 17.9 Å². The van der Waals surface area contributed by atoms with Gasteiger partial charge < -0.3 is 5.32 Å². The molecule has 0 aliphatic carbocycles. The van der Waals surface area contributed by atoms with Crippen LogP contribution in [0.5, 0.6) is 0 Å². The average molecular weight is 601 g/mol. The lowest BCUT2D eigenvalue weighted by Crippen LogP contribution is -2.08. The maximum atomic E-state index is 12.8. The Kier molecular flexibility index (Phi) is 12.7. The summed E-state index contributed by atoms with van der Waals surface area (Å²) in [6.45, 7) is 0.529. The van der Waals surface area contributed by atoms with Gasteiger partial charge in [-0.15, -0.1) is 11.3 Å². The van der Waals surface area contributed by atoms with Crippen LogP contribution in [-0.2, 0) is 19.1 Å². The number of nitrogens with zero attached hydrogens (tertiary/aromatic N) is 6. The fourth-order valence-corrected chi connectivity index (χ4v) is 3.90. The lowest BCUT2D eigenvalue weighted by atomic mass is 10.1. The molecule has 4 aromatic rings. The average Bonchev–Trinajstić information content (AvgIpc) is 3.25. The molecule has 0 fully saturated rings. The number of hydrogen-bond acceptors (Lipinski definition) is 8. The van der Waals surface area contributed by atoms with E-state index in [0.717, 1.165) is 17.0 Å². The van der Waals surface area contributed by atoms with Gasteiger partial charge in [-0.1, -0.05) is 39.1 Å². The highest BCUT2D eigenvalue weighted by Crippen LogP contribution is 2.30. The summed E-state index contributed by atoms with van der Waals surface area (Å²) in [5.41, 5.74) is -0.262. The monoisotopic (exact) mass is 599 g/mol. The zero-order valence-electron chi connectivity index (χ0n) is 16.7. The van der Waals surface area contributed by atoms with Gasteiger partial charge in [0.2, 0.25) is 27.1 Å². The molecule has 0 radical (unpaired) electrons. The summed E-state index contributed by atoms with van der Waals surface area (Å²) in [7, 11) is 0. The van der Waals surface area contributed by atoms with Gasteiger partial charge in [0.05, 0.1) is 12.1 Å². The summed E-state index contributed by atoms with van der Waals surface area (Å²) in [4.78, 5) is 23.7. The van der Waals surface area contributed by atoms with E-state index in [2.05, 4.69) is 35.2 Å². The molecule has 7 nitrogen and oxygen atoms in total. The van der Waals surface area contributed by atoms with E-state index in [9.17, 15) is 13.2 Å². The highest BCUT2D eigenvalue weighted by molar-refractivity contribution is 7.09. The van der Waals surface area contributed by atoms with Crippen LogP contribution in [-0.4, -0.2) is 29.9 Å². The SMILES string of the molecule is C.C.Clc1nc(Cl)nc(Cl)n1.FC(F)(F)c1cccc(Cc2nc(Cl)nc(NCc3cccs3)n2)c1. The second-order valence-corrected chi connectivity index (χ2v) is 8.68. The summed E-state index contributed by atoms with van der Waals surface area (Å²) in [6, 6.07) is 8.95. The molecule has 3 aromatic heterocycles. The fraction of sp³-hybridized carbons (Fsp3) is 0.238. The highest BCUT2D eigenvalue weighted by Gasteiger charge is 2.30. The third kappa shape index (κ3) is 10.4. The Labute approximate surface area is 230 Å². The molecule has 194 valence electrons. The van der Waals surface area contributed by atoms with Crippen LogP contribution in [0.25, 0.3) is 0 Å². The van der Waals surface area contributed by atoms with E-state index in [1.165, 1.54) is 6.07 Å². The molecule has 0 saturated carbocycles. The Bertz CT molecular complexity index is 1190. The molecule has 4 rings (SSSR count). The van der Waals surface area contributed by atoms with Crippen molar-refractivity contribution < 1.29 is 13.2 Å². The van der Waals surface area contributed by atoms with E-state index in [1.807, 2.05) is 17.5 Å². The third-order valence-corrected chi connectivity index (χ3v) is 5.38. The Morgan fingerprint density at radius 3 is 1.94 bits per heavy atom. The van der Waals surface area contributed by atoms with Crippen molar-refractivity contribution in [2.24, 2.45) is 0 Å². The van der Waals surface area contributed by atoms with Crippen LogP contribution in [0, 0.1) is 0 Å². The van der Waals surface area contributed by atoms with Crippen molar-refractivity contribution in [3.63, 3.8) is 0 Å². The van der Waals surface area contributed by atoms with E-state index in [-0.39, 0.29) is 48.4 Å². The molecular weight excluding hydrogens is 581 g/mol. The standard InChI is InChI=1S/C16H12ClF3N4S.C3Cl3N3.2CH4/c17-14-22-13(8-10-3-1-4-11(7-10)16(18,19)20)23-15(24-14)21-9-12-5-2-6-25-12;4-1-7-2(5)9-3(6)8-1;;/h1-7H,8-9H2,(H,21,22,23,24);;2*1H4. The molecule has 0 bridgehead atoms. The molecule has 15 heteroatoms. The number of alkyl halides is 3. The quantitative estimate of drug-likeness (QED) is 0.249. The predicted octanol–water partition coefficient (Wildman–Crippen LogP) is 7.91. The lowest BCUT2D eigenvalue weighted by Gasteiger charge is -2.09. The Balaban J connectivity index is 0.000000502. The minimum absolute atomic E-state index is 0. The van der Waals surface area contributed by atoms with Gasteiger partial charge in [0, 0.05) is 11.3 Å². The van der Waals surface area contributed by atoms with Crippen molar-refractivity contribution in [3.05, 3.63) is 84.7 Å². The minimum atomic E-state index is -4.39. The summed E-state index contributed by atoms with van der Waals surface area (Å²) in [5.74, 6) is 0.586. The molecule has 0 amide bonds. The van der Waals surface area contributed by atoms with Crippen LogP contribution in [0.1, 0.15) is 36.7 Å². The summed E-state index contributed by atoms with van der Waals surface area (Å²) < 4.78 is 38.4. The summed E-state index contributed by atoms with van der Waals surface area (Å²) >= 11 is 23.4. The van der Waals surface area contributed by atoms with E-state index < -0.39 is 11.7 Å². The molecular formula is C21H20Cl4F3N7S. The first-order valence-electron chi connectivity index (χ1n) is 9.14. The third-order valence-electron chi connectivity index (χ3n) is 3.83. The van der Waals surface area contributed by atoms with E-state index in [1.54, 1.807) is 17.4 Å². The molecule has 1 aromatic carbocycles. The first kappa shape index (κ1) is 31.7. The van der Waals surface area contributed by atoms with Crippen molar-refractivity contribution >= 4 is 63.7 Å². The van der Waals surface area contributed by atoms with E-state index >= 15 is 0 Å². The molecule has 0 aliphatic heterocycles. The van der Waals surface area contributed by atoms with Gasteiger partial charge in [-0.05, 0) is 69.5 Å². The normalized spacial score (nSPS) is 10.4. The van der Waals surface area contributed by atoms with Crippen LogP contribution >= 0.6 is 57.7 Å². The predicted molar refractivity (Wildman–Crippen MR) is 139 cm³/mol. The molecule has 1 N–H and O–H groups in total. The van der Waals surface area contributed by atoms with Gasteiger partial charge in [0.15, 0.2) is 0 Å². The zero-order valence-corrected chi connectivity index (χ0v) is 20.5. The van der Waals surface area contributed by atoms with Crippen LogP contribution in [0.2, 0.25) is 21.1 Å². The van der Waals surface area contributed by atoms with Crippen molar-refractivity contribution in [2.75, 3.05) is 5.32 Å². The van der Waals surface area contributed by atoms with Gasteiger partial charge in [-0.25, -0.2) is 4.98 Å². The zero-order chi connectivity index (χ0) is 24.7. The number of rotatable bonds is 5. The van der Waals surface area contributed by atoms with Gasteiger partial charge in [-0.2, -0.15) is 38.1 Å². The van der Waals surface area contributed by atoms with Crippen LogP contribution in [0.15, 0.2) is 41.8 Å². The van der Waals surface area contributed by atoms with Crippen molar-refractivity contribution in [2.45, 2.75) is 34.0 Å². The maximum absolute atomic E-state index is 12.8. The molecule has 0 aliphatic rings. The number of nitrogens with one attached hydrogen (secondary N) is 1. The van der Waals surface area contributed by atoms with Crippen molar-refractivity contribution in [1.29, 1.82) is 0 Å². The first-order chi connectivity index (χ1) is 16.1. The Morgan fingerprint density at radius 1 is 0.778 bits per heavy atom. The number of hydrogen-bond donors (Lipinski definition) is 1. The van der Waals surface area contributed by atoms with Crippen molar-refractivity contribution in [1.82, 2.24) is 29.9 Å². The topological polar surface area (TPSA) is 89.4 Å². The maximum Gasteiger partial charge on any atom is 0.416 e. The molecule has 0 saturated heterocycles. The molecule has 3 heterocycles.